The summed E-state index contributed by atoms with van der Waals surface area (Å²) in [5.74, 6) is 0.842. The number of fused-ring (bicyclic) bond motifs is 3. The predicted octanol–water partition coefficient (Wildman–Crippen LogP) is 5.80. The maximum atomic E-state index is 6.06. The number of hydrogen-bond acceptors (Lipinski definition) is 2. The molecule has 0 N–H and O–H groups in total. The highest BCUT2D eigenvalue weighted by Gasteiger charge is 2.18. The van der Waals surface area contributed by atoms with E-state index in [1.54, 1.807) is 7.11 Å². The number of methoxy groups -OCH3 is 1. The molecule has 0 radical (unpaired) electrons. The Bertz CT molecular complexity index is 1070. The lowest BCUT2D eigenvalue weighted by Crippen LogP contribution is -2.07. The highest BCUT2D eigenvalue weighted by atomic mass is 16.7. The molecule has 0 atom stereocenters. The monoisotopic (exact) mass is 357 g/mol. The maximum absolute atomic E-state index is 6.06. The van der Waals surface area contributed by atoms with Crippen molar-refractivity contribution in [1.29, 1.82) is 0 Å². The summed E-state index contributed by atoms with van der Waals surface area (Å²) in [7, 11) is 1.64. The molecular weight excluding hydrogens is 334 g/mol. The van der Waals surface area contributed by atoms with Gasteiger partial charge < -0.3 is 14.0 Å². The summed E-state index contributed by atoms with van der Waals surface area (Å²) in [6.07, 6.45) is 2.65. The van der Waals surface area contributed by atoms with Gasteiger partial charge in [-0.1, -0.05) is 48.5 Å². The van der Waals surface area contributed by atoms with Crippen molar-refractivity contribution in [1.82, 2.24) is 4.57 Å². The van der Waals surface area contributed by atoms with E-state index in [9.17, 15) is 0 Å². The minimum absolute atomic E-state index is 0.206. The minimum Gasteiger partial charge on any atom is -0.465 e. The molecule has 136 valence electrons. The molecule has 1 aromatic heterocycles. The summed E-state index contributed by atoms with van der Waals surface area (Å²) in [4.78, 5) is 0. The van der Waals surface area contributed by atoms with Gasteiger partial charge >= 0.3 is 0 Å². The smallest absolute Gasteiger partial charge is 0.188 e. The van der Waals surface area contributed by atoms with Crippen LogP contribution in [0.4, 0.5) is 0 Å². The lowest BCUT2D eigenvalue weighted by Gasteiger charge is -2.18. The van der Waals surface area contributed by atoms with E-state index in [4.69, 9.17) is 9.47 Å². The molecule has 3 aromatic carbocycles. The maximum Gasteiger partial charge on any atom is 0.188 e. The molecule has 0 aliphatic heterocycles. The average molecular weight is 357 g/mol. The van der Waals surface area contributed by atoms with E-state index in [-0.39, 0.29) is 6.79 Å². The van der Waals surface area contributed by atoms with Crippen LogP contribution >= 0.6 is 0 Å². The van der Waals surface area contributed by atoms with Gasteiger partial charge in [-0.3, -0.25) is 0 Å². The van der Waals surface area contributed by atoms with Crippen LogP contribution in [-0.4, -0.2) is 18.5 Å². The zero-order valence-corrected chi connectivity index (χ0v) is 15.7. The number of nitrogens with zero attached hydrogens (tertiary/aromatic N) is 1. The fourth-order valence-electron chi connectivity index (χ4n) is 3.77. The van der Waals surface area contributed by atoms with Gasteiger partial charge in [0.1, 0.15) is 5.75 Å². The van der Waals surface area contributed by atoms with Crippen LogP contribution in [0, 0.1) is 6.92 Å². The summed E-state index contributed by atoms with van der Waals surface area (Å²) in [6, 6.07) is 21.3. The van der Waals surface area contributed by atoms with Crippen LogP contribution in [0.2, 0.25) is 0 Å². The fourth-order valence-corrected chi connectivity index (χ4v) is 3.77. The summed E-state index contributed by atoms with van der Waals surface area (Å²) in [6.45, 7) is 6.23. The van der Waals surface area contributed by atoms with Gasteiger partial charge in [-0.15, -0.1) is 6.58 Å². The molecule has 0 fully saturated rings. The second-order valence-corrected chi connectivity index (χ2v) is 6.69. The Kier molecular flexibility index (Phi) is 4.69. The van der Waals surface area contributed by atoms with Gasteiger partial charge in [-0.05, 0) is 37.1 Å². The number of rotatable bonds is 6. The van der Waals surface area contributed by atoms with Crippen molar-refractivity contribution < 1.29 is 9.47 Å². The first-order chi connectivity index (χ1) is 13.2. The van der Waals surface area contributed by atoms with Crippen LogP contribution in [0.5, 0.6) is 5.75 Å². The van der Waals surface area contributed by atoms with Crippen molar-refractivity contribution in [3.8, 4) is 11.4 Å². The first kappa shape index (κ1) is 17.4. The minimum atomic E-state index is 0.206. The van der Waals surface area contributed by atoms with Crippen LogP contribution < -0.4 is 4.74 Å². The predicted molar refractivity (Wildman–Crippen MR) is 112 cm³/mol. The third kappa shape index (κ3) is 3.00. The first-order valence-electron chi connectivity index (χ1n) is 9.09. The van der Waals surface area contributed by atoms with Crippen LogP contribution in [0.15, 0.2) is 73.3 Å². The molecule has 4 aromatic rings. The molecule has 0 aliphatic rings. The Morgan fingerprint density at radius 1 is 0.963 bits per heavy atom. The van der Waals surface area contributed by atoms with Gasteiger partial charge in [0.25, 0.3) is 0 Å². The molecule has 0 saturated carbocycles. The number of hydrogen-bond donors (Lipinski definition) is 0. The Morgan fingerprint density at radius 3 is 2.19 bits per heavy atom. The van der Waals surface area contributed by atoms with Crippen molar-refractivity contribution >= 4 is 21.8 Å². The van der Waals surface area contributed by atoms with Gasteiger partial charge in [0.05, 0.1) is 16.7 Å². The molecule has 0 saturated heterocycles. The van der Waals surface area contributed by atoms with Crippen molar-refractivity contribution in [2.45, 2.75) is 13.3 Å². The van der Waals surface area contributed by atoms with E-state index >= 15 is 0 Å². The SMILES string of the molecule is C=CCc1cc(C)cc(-n2c3ccccc3c3ccccc32)c1OCOC. The molecule has 27 heavy (non-hydrogen) atoms. The molecule has 1 heterocycles. The topological polar surface area (TPSA) is 23.4 Å². The summed E-state index contributed by atoms with van der Waals surface area (Å²) in [5, 5.41) is 2.47. The summed E-state index contributed by atoms with van der Waals surface area (Å²) in [5.41, 5.74) is 5.65. The van der Waals surface area contributed by atoms with Crippen LogP contribution in [0.3, 0.4) is 0 Å². The molecule has 0 unspecified atom stereocenters. The molecular formula is C24H23NO2. The Morgan fingerprint density at radius 2 is 1.59 bits per heavy atom. The van der Waals surface area contributed by atoms with Gasteiger partial charge in [-0.25, -0.2) is 0 Å². The number of para-hydroxylation sites is 2. The Labute approximate surface area is 159 Å². The van der Waals surface area contributed by atoms with Crippen LogP contribution in [0.1, 0.15) is 11.1 Å². The number of aromatic nitrogens is 1. The van der Waals surface area contributed by atoms with Gasteiger partial charge in [0, 0.05) is 23.4 Å². The lowest BCUT2D eigenvalue weighted by molar-refractivity contribution is 0.0505. The summed E-state index contributed by atoms with van der Waals surface area (Å²) >= 11 is 0. The van der Waals surface area contributed by atoms with Crippen LogP contribution in [0.25, 0.3) is 27.5 Å². The fraction of sp³-hybridized carbons (Fsp3) is 0.167. The summed E-state index contributed by atoms with van der Waals surface area (Å²) < 4.78 is 13.5. The Hall–Kier alpha value is -3.04. The van der Waals surface area contributed by atoms with Gasteiger partial charge in [-0.2, -0.15) is 0 Å². The average Bonchev–Trinajstić information content (AvgIpc) is 3.01. The number of aryl methyl sites for hydroxylation is 1. The molecule has 0 amide bonds. The third-order valence-electron chi connectivity index (χ3n) is 4.80. The van der Waals surface area contributed by atoms with Crippen molar-refractivity contribution in [2.75, 3.05) is 13.9 Å². The largest absolute Gasteiger partial charge is 0.465 e. The quantitative estimate of drug-likeness (QED) is 0.321. The molecule has 4 rings (SSSR count). The first-order valence-corrected chi connectivity index (χ1v) is 9.09. The van der Waals surface area contributed by atoms with E-state index in [0.29, 0.717) is 0 Å². The molecule has 3 heteroatoms. The molecule has 3 nitrogen and oxygen atoms in total. The van der Waals surface area contributed by atoms with E-state index in [1.807, 2.05) is 6.08 Å². The standard InChI is InChI=1S/C24H23NO2/c1-4-9-18-14-17(2)15-23(24(18)27-16-26-3)25-21-12-7-5-10-19(21)20-11-6-8-13-22(20)25/h4-8,10-15H,1,9,16H2,2-3H3. The van der Waals surface area contributed by atoms with E-state index in [0.717, 1.165) is 34.5 Å². The molecule has 0 spiro atoms. The van der Waals surface area contributed by atoms with Crippen molar-refractivity contribution in [3.63, 3.8) is 0 Å². The number of ether oxygens (including phenoxy) is 2. The number of allylic oxidation sites excluding steroid dienone is 1. The van der Waals surface area contributed by atoms with E-state index in [2.05, 4.69) is 78.7 Å². The Balaban J connectivity index is 2.09. The van der Waals surface area contributed by atoms with Crippen molar-refractivity contribution in [2.24, 2.45) is 0 Å². The zero-order valence-electron chi connectivity index (χ0n) is 15.7. The lowest BCUT2D eigenvalue weighted by atomic mass is 10.1. The second kappa shape index (κ2) is 7.29. The third-order valence-corrected chi connectivity index (χ3v) is 4.80. The van der Waals surface area contributed by atoms with E-state index in [1.165, 1.54) is 16.3 Å². The van der Waals surface area contributed by atoms with Crippen molar-refractivity contribution in [3.05, 3.63) is 84.4 Å². The molecule has 0 aliphatic carbocycles. The number of benzene rings is 3. The van der Waals surface area contributed by atoms with E-state index < -0.39 is 0 Å². The van der Waals surface area contributed by atoms with Gasteiger partial charge in [0.2, 0.25) is 0 Å². The highest BCUT2D eigenvalue weighted by molar-refractivity contribution is 6.09. The molecule has 0 bridgehead atoms. The highest BCUT2D eigenvalue weighted by Crippen LogP contribution is 2.37. The van der Waals surface area contributed by atoms with Crippen LogP contribution in [-0.2, 0) is 11.2 Å². The van der Waals surface area contributed by atoms with Gasteiger partial charge in [0.15, 0.2) is 6.79 Å². The normalized spacial score (nSPS) is 11.2. The zero-order chi connectivity index (χ0) is 18.8. The second-order valence-electron chi connectivity index (χ2n) is 6.69.